The van der Waals surface area contributed by atoms with E-state index in [0.29, 0.717) is 17.1 Å². The number of rotatable bonds is 4. The lowest BCUT2D eigenvalue weighted by Crippen LogP contribution is -2.46. The van der Waals surface area contributed by atoms with Crippen molar-refractivity contribution in [2.24, 2.45) is 5.92 Å². The second-order valence-corrected chi connectivity index (χ2v) is 5.51. The van der Waals surface area contributed by atoms with Gasteiger partial charge >= 0.3 is 5.97 Å². The van der Waals surface area contributed by atoms with Crippen LogP contribution in [0.4, 0.5) is 0 Å². The van der Waals surface area contributed by atoms with Crippen molar-refractivity contribution in [3.63, 3.8) is 0 Å². The van der Waals surface area contributed by atoms with Gasteiger partial charge in [-0.1, -0.05) is 17.7 Å². The van der Waals surface area contributed by atoms with E-state index in [1.165, 1.54) is 0 Å². The van der Waals surface area contributed by atoms with Crippen molar-refractivity contribution in [3.05, 3.63) is 34.3 Å². The number of likely N-dealkylation sites (N-methyl/N-ethyl adjacent to an activating group) is 1. The van der Waals surface area contributed by atoms with Crippen LogP contribution in [-0.4, -0.2) is 47.7 Å². The number of carbonyl (C=O) groups is 2. The Morgan fingerprint density at radius 2 is 2.14 bits per heavy atom. The van der Waals surface area contributed by atoms with Gasteiger partial charge in [-0.05, 0) is 31.5 Å². The van der Waals surface area contributed by atoms with Gasteiger partial charge in [0.1, 0.15) is 5.92 Å². The average molecular weight is 312 g/mol. The van der Waals surface area contributed by atoms with E-state index >= 15 is 0 Å². The summed E-state index contributed by atoms with van der Waals surface area (Å²) >= 11 is 6.06. The normalized spacial score (nSPS) is 21.3. The van der Waals surface area contributed by atoms with E-state index in [1.807, 2.05) is 13.8 Å². The molecular weight excluding hydrogens is 294 g/mol. The Morgan fingerprint density at radius 3 is 2.71 bits per heavy atom. The number of hydrogen-bond donors (Lipinski definition) is 1. The lowest BCUT2D eigenvalue weighted by Gasteiger charge is -2.29. The summed E-state index contributed by atoms with van der Waals surface area (Å²) in [6.45, 7) is 4.49. The number of nitrogens with zero attached hydrogens (tertiary/aromatic N) is 1. The largest absolute Gasteiger partial charge is 0.481 e. The molecule has 2 unspecified atom stereocenters. The van der Waals surface area contributed by atoms with Crippen LogP contribution < -0.4 is 0 Å². The maximum atomic E-state index is 12.6. The predicted molar refractivity (Wildman–Crippen MR) is 78.6 cm³/mol. The van der Waals surface area contributed by atoms with E-state index in [0.717, 1.165) is 5.56 Å². The van der Waals surface area contributed by atoms with Gasteiger partial charge in [0.15, 0.2) is 0 Å². The van der Waals surface area contributed by atoms with Crippen molar-refractivity contribution >= 4 is 23.5 Å². The van der Waals surface area contributed by atoms with E-state index in [1.54, 1.807) is 23.1 Å². The summed E-state index contributed by atoms with van der Waals surface area (Å²) in [6, 6.07) is 4.66. The third-order valence-electron chi connectivity index (χ3n) is 3.79. The first-order valence-electron chi connectivity index (χ1n) is 6.83. The van der Waals surface area contributed by atoms with Gasteiger partial charge in [0, 0.05) is 17.1 Å². The maximum Gasteiger partial charge on any atom is 0.311 e. The highest BCUT2D eigenvalue weighted by Crippen LogP contribution is 2.23. The number of carbonyl (C=O) groups excluding carboxylic acids is 1. The minimum atomic E-state index is -0.939. The molecule has 1 aliphatic rings. The van der Waals surface area contributed by atoms with Crippen molar-refractivity contribution in [3.8, 4) is 0 Å². The summed E-state index contributed by atoms with van der Waals surface area (Å²) in [7, 11) is 0. The van der Waals surface area contributed by atoms with Gasteiger partial charge in [-0.15, -0.1) is 0 Å². The number of amides is 1. The van der Waals surface area contributed by atoms with E-state index in [4.69, 9.17) is 16.3 Å². The number of carboxylic acid groups (broad SMARTS) is 1. The van der Waals surface area contributed by atoms with Crippen LogP contribution in [0.2, 0.25) is 5.02 Å². The number of aliphatic carboxylic acids is 1. The molecule has 1 amide bonds. The van der Waals surface area contributed by atoms with Crippen LogP contribution in [0.3, 0.4) is 0 Å². The number of hydrogen-bond acceptors (Lipinski definition) is 3. The zero-order valence-corrected chi connectivity index (χ0v) is 12.8. The molecule has 1 aliphatic heterocycles. The van der Waals surface area contributed by atoms with Crippen molar-refractivity contribution in [1.29, 1.82) is 0 Å². The first kappa shape index (κ1) is 15.8. The SMILES string of the molecule is CCN(C(=O)c1ccc(C)c(Cl)c1)C1COCC1C(=O)O. The van der Waals surface area contributed by atoms with Gasteiger partial charge < -0.3 is 14.7 Å². The number of aryl methyl sites for hydroxylation is 1. The number of carboxylic acids is 1. The Morgan fingerprint density at radius 1 is 1.43 bits per heavy atom. The molecule has 114 valence electrons. The standard InChI is InChI=1S/C15H18ClNO4/c1-3-17(13-8-21-7-11(13)15(19)20)14(18)10-5-4-9(2)12(16)6-10/h4-6,11,13H,3,7-8H2,1-2H3,(H,19,20). The second-order valence-electron chi connectivity index (χ2n) is 5.10. The van der Waals surface area contributed by atoms with Gasteiger partial charge in [0.2, 0.25) is 0 Å². The average Bonchev–Trinajstić information content (AvgIpc) is 2.92. The molecule has 21 heavy (non-hydrogen) atoms. The van der Waals surface area contributed by atoms with Crippen molar-refractivity contribution in [2.45, 2.75) is 19.9 Å². The molecule has 1 N–H and O–H groups in total. The molecule has 1 heterocycles. The van der Waals surface area contributed by atoms with E-state index < -0.39 is 17.9 Å². The third-order valence-corrected chi connectivity index (χ3v) is 4.20. The first-order valence-corrected chi connectivity index (χ1v) is 7.21. The van der Waals surface area contributed by atoms with Crippen LogP contribution in [-0.2, 0) is 9.53 Å². The Labute approximate surface area is 128 Å². The Hall–Kier alpha value is -1.59. The van der Waals surface area contributed by atoms with E-state index in [-0.39, 0.29) is 19.1 Å². The third kappa shape index (κ3) is 3.19. The smallest absolute Gasteiger partial charge is 0.311 e. The van der Waals surface area contributed by atoms with Crippen molar-refractivity contribution < 1.29 is 19.4 Å². The molecule has 0 aromatic heterocycles. The van der Waals surface area contributed by atoms with Gasteiger partial charge in [-0.3, -0.25) is 9.59 Å². The van der Waals surface area contributed by atoms with Crippen LogP contribution in [0.25, 0.3) is 0 Å². The maximum absolute atomic E-state index is 12.6. The summed E-state index contributed by atoms with van der Waals surface area (Å²) in [5.74, 6) is -1.85. The van der Waals surface area contributed by atoms with Crippen molar-refractivity contribution in [1.82, 2.24) is 4.90 Å². The lowest BCUT2D eigenvalue weighted by molar-refractivity contribution is -0.142. The van der Waals surface area contributed by atoms with Crippen LogP contribution in [0, 0.1) is 12.8 Å². The molecule has 2 rings (SSSR count). The fourth-order valence-corrected chi connectivity index (χ4v) is 2.69. The molecule has 5 nitrogen and oxygen atoms in total. The molecule has 0 saturated carbocycles. The van der Waals surface area contributed by atoms with Gasteiger partial charge in [-0.2, -0.15) is 0 Å². The Kier molecular flexibility index (Phi) is 4.85. The molecule has 0 bridgehead atoms. The van der Waals surface area contributed by atoms with Crippen LogP contribution >= 0.6 is 11.6 Å². The molecule has 0 spiro atoms. The van der Waals surface area contributed by atoms with Crippen LogP contribution in [0.1, 0.15) is 22.8 Å². The van der Waals surface area contributed by atoms with E-state index in [9.17, 15) is 14.7 Å². The topological polar surface area (TPSA) is 66.8 Å². The van der Waals surface area contributed by atoms with Crippen molar-refractivity contribution in [2.75, 3.05) is 19.8 Å². The lowest BCUT2D eigenvalue weighted by atomic mass is 10.0. The Balaban J connectivity index is 2.26. The summed E-state index contributed by atoms with van der Waals surface area (Å²) < 4.78 is 5.24. The monoisotopic (exact) mass is 311 g/mol. The highest BCUT2D eigenvalue weighted by Gasteiger charge is 2.39. The zero-order valence-electron chi connectivity index (χ0n) is 12.0. The summed E-state index contributed by atoms with van der Waals surface area (Å²) in [6.07, 6.45) is 0. The first-order chi connectivity index (χ1) is 9.95. The fraction of sp³-hybridized carbons (Fsp3) is 0.467. The molecule has 1 fully saturated rings. The predicted octanol–water partition coefficient (Wildman–Crippen LogP) is 2.21. The Bertz CT molecular complexity index is 561. The molecule has 1 aromatic rings. The van der Waals surface area contributed by atoms with Crippen LogP contribution in [0.15, 0.2) is 18.2 Å². The highest BCUT2D eigenvalue weighted by atomic mass is 35.5. The minimum absolute atomic E-state index is 0.137. The molecule has 0 radical (unpaired) electrons. The quantitative estimate of drug-likeness (QED) is 0.926. The zero-order chi connectivity index (χ0) is 15.6. The number of halogens is 1. The van der Waals surface area contributed by atoms with Crippen LogP contribution in [0.5, 0.6) is 0 Å². The molecule has 1 aromatic carbocycles. The highest BCUT2D eigenvalue weighted by molar-refractivity contribution is 6.31. The summed E-state index contributed by atoms with van der Waals surface area (Å²) in [4.78, 5) is 25.4. The molecule has 2 atom stereocenters. The summed E-state index contributed by atoms with van der Waals surface area (Å²) in [5, 5.41) is 9.74. The molecule has 1 saturated heterocycles. The second kappa shape index (κ2) is 6.45. The number of ether oxygens (including phenoxy) is 1. The number of benzene rings is 1. The van der Waals surface area contributed by atoms with Gasteiger partial charge in [0.05, 0.1) is 19.3 Å². The van der Waals surface area contributed by atoms with Gasteiger partial charge in [-0.25, -0.2) is 0 Å². The van der Waals surface area contributed by atoms with E-state index in [2.05, 4.69) is 0 Å². The van der Waals surface area contributed by atoms with Gasteiger partial charge in [0.25, 0.3) is 5.91 Å². The summed E-state index contributed by atoms with van der Waals surface area (Å²) in [5.41, 5.74) is 1.35. The molecule has 0 aliphatic carbocycles. The molecular formula is C15H18ClNO4. The molecule has 6 heteroatoms. The fourth-order valence-electron chi connectivity index (χ4n) is 2.51. The minimum Gasteiger partial charge on any atom is -0.481 e.